The Morgan fingerprint density at radius 1 is 1.13 bits per heavy atom. The molecule has 2 fully saturated rings. The molecular formula is C19H24O11. The van der Waals surface area contributed by atoms with E-state index in [0.717, 1.165) is 0 Å². The van der Waals surface area contributed by atoms with Crippen LogP contribution in [0.15, 0.2) is 23.5 Å². The minimum absolute atomic E-state index is 0.0485. The predicted octanol–water partition coefficient (Wildman–Crippen LogP) is -1.91. The minimum atomic E-state index is -1.61. The van der Waals surface area contributed by atoms with Crippen LogP contribution in [0.5, 0.6) is 0 Å². The molecule has 4 N–H and O–H groups in total. The molecule has 4 aliphatic rings. The van der Waals surface area contributed by atoms with Gasteiger partial charge in [-0.1, -0.05) is 6.92 Å². The van der Waals surface area contributed by atoms with Crippen LogP contribution < -0.4 is 0 Å². The number of esters is 2. The van der Waals surface area contributed by atoms with Gasteiger partial charge in [-0.3, -0.25) is 4.79 Å². The van der Waals surface area contributed by atoms with E-state index in [1.807, 2.05) is 0 Å². The molecule has 9 atom stereocenters. The Morgan fingerprint density at radius 2 is 1.90 bits per heavy atom. The number of hydrogen-bond donors (Lipinski definition) is 4. The second-order valence-corrected chi connectivity index (χ2v) is 7.59. The Balaban J connectivity index is 1.54. The van der Waals surface area contributed by atoms with Gasteiger partial charge in [-0.05, 0) is 11.6 Å². The monoisotopic (exact) mass is 428 g/mol. The van der Waals surface area contributed by atoms with Crippen molar-refractivity contribution in [2.24, 2.45) is 11.8 Å². The maximum atomic E-state index is 12.0. The highest BCUT2D eigenvalue weighted by molar-refractivity contribution is 5.92. The van der Waals surface area contributed by atoms with E-state index in [1.165, 1.54) is 6.26 Å². The second-order valence-electron chi connectivity index (χ2n) is 7.59. The summed E-state index contributed by atoms with van der Waals surface area (Å²) in [5, 5.41) is 39.5. The zero-order valence-corrected chi connectivity index (χ0v) is 16.1. The summed E-state index contributed by atoms with van der Waals surface area (Å²) < 4.78 is 27.3. The molecule has 0 unspecified atom stereocenters. The summed E-state index contributed by atoms with van der Waals surface area (Å²) in [5.74, 6) is -1.90. The van der Waals surface area contributed by atoms with Gasteiger partial charge in [0, 0.05) is 12.3 Å². The van der Waals surface area contributed by atoms with E-state index >= 15 is 0 Å². The summed E-state index contributed by atoms with van der Waals surface area (Å²) in [6.45, 7) is 1.01. The number of aliphatic hydroxyl groups is 4. The quantitative estimate of drug-likeness (QED) is 0.276. The number of ether oxygens (including phenoxy) is 5. The van der Waals surface area contributed by atoms with Crippen molar-refractivity contribution in [3.05, 3.63) is 23.5 Å². The van der Waals surface area contributed by atoms with Crippen LogP contribution in [-0.4, -0.2) is 88.7 Å². The number of hydrogen-bond acceptors (Lipinski definition) is 11. The standard InChI is InChI=1S/C19H24O11/c1-2-11(21)26-5-7-3-9-13-8(17(25)28-9)6-27-18(12(7)13)30-19-16(24)15(23)14(22)10(4-20)29-19/h3,6,9-10,12-16,18-20,22-24H,2,4-5H2,1H3/t9-,10+,12+,13-,14+,15-,16+,18-,19-/m0/s1. The molecule has 0 aromatic heterocycles. The molecule has 2 saturated heterocycles. The SMILES string of the molecule is CCC(=O)OCC1=C[C@@H]2OC(=O)C3=CO[C@@H](O[C@@H]4O[C@H](CO)[C@@H](O)[C@H](O)[C@H]4O)[C@H]1[C@@H]32. The molecule has 166 valence electrons. The number of aliphatic hydroxyl groups excluding tert-OH is 4. The normalized spacial score (nSPS) is 42.0. The van der Waals surface area contributed by atoms with Gasteiger partial charge >= 0.3 is 11.9 Å². The Morgan fingerprint density at radius 3 is 2.60 bits per heavy atom. The van der Waals surface area contributed by atoms with Gasteiger partial charge in [0.05, 0.1) is 24.4 Å². The van der Waals surface area contributed by atoms with Crippen LogP contribution in [0, 0.1) is 11.8 Å². The first-order valence-electron chi connectivity index (χ1n) is 9.74. The first-order valence-corrected chi connectivity index (χ1v) is 9.74. The molecule has 0 amide bonds. The van der Waals surface area contributed by atoms with E-state index < -0.39 is 73.5 Å². The number of carbonyl (C=O) groups is 2. The minimum Gasteiger partial charge on any atom is -0.471 e. The van der Waals surface area contributed by atoms with Crippen molar-refractivity contribution in [1.82, 2.24) is 0 Å². The lowest BCUT2D eigenvalue weighted by molar-refractivity contribution is -0.339. The van der Waals surface area contributed by atoms with Crippen LogP contribution in [0.4, 0.5) is 0 Å². The Labute approximate surface area is 171 Å². The first-order chi connectivity index (χ1) is 14.3. The zero-order chi connectivity index (χ0) is 21.6. The summed E-state index contributed by atoms with van der Waals surface area (Å²) in [7, 11) is 0. The van der Waals surface area contributed by atoms with E-state index in [0.29, 0.717) is 11.1 Å². The van der Waals surface area contributed by atoms with Crippen molar-refractivity contribution in [1.29, 1.82) is 0 Å². The zero-order valence-electron chi connectivity index (χ0n) is 16.1. The number of carbonyl (C=O) groups excluding carboxylic acids is 2. The van der Waals surface area contributed by atoms with E-state index in [1.54, 1.807) is 13.0 Å². The fraction of sp³-hybridized carbons (Fsp3) is 0.684. The lowest BCUT2D eigenvalue weighted by Crippen LogP contribution is -2.60. The van der Waals surface area contributed by atoms with Crippen molar-refractivity contribution in [2.45, 2.75) is 56.4 Å². The van der Waals surface area contributed by atoms with Gasteiger partial charge in [0.1, 0.15) is 37.1 Å². The van der Waals surface area contributed by atoms with Crippen molar-refractivity contribution in [2.75, 3.05) is 13.2 Å². The Bertz CT molecular complexity index is 760. The Kier molecular flexibility index (Phi) is 5.84. The van der Waals surface area contributed by atoms with Gasteiger partial charge in [0.15, 0.2) is 6.29 Å². The van der Waals surface area contributed by atoms with Crippen molar-refractivity contribution < 1.29 is 53.7 Å². The molecule has 0 aromatic carbocycles. The summed E-state index contributed by atoms with van der Waals surface area (Å²) in [5.41, 5.74) is 0.950. The lowest BCUT2D eigenvalue weighted by Gasteiger charge is -2.42. The maximum absolute atomic E-state index is 12.0. The van der Waals surface area contributed by atoms with Crippen molar-refractivity contribution >= 4 is 11.9 Å². The molecule has 0 radical (unpaired) electrons. The van der Waals surface area contributed by atoms with Crippen molar-refractivity contribution in [3.63, 3.8) is 0 Å². The summed E-state index contributed by atoms with van der Waals surface area (Å²) in [4.78, 5) is 23.6. The largest absolute Gasteiger partial charge is 0.471 e. The lowest BCUT2D eigenvalue weighted by atomic mass is 9.84. The molecular weight excluding hydrogens is 404 g/mol. The Hall–Kier alpha value is -2.02. The van der Waals surface area contributed by atoms with E-state index in [2.05, 4.69) is 0 Å². The topological polar surface area (TPSA) is 161 Å². The van der Waals surface area contributed by atoms with Crippen LogP contribution >= 0.6 is 0 Å². The van der Waals surface area contributed by atoms with Gasteiger partial charge in [0.2, 0.25) is 6.29 Å². The molecule has 0 saturated carbocycles. The third kappa shape index (κ3) is 3.51. The molecule has 11 heteroatoms. The molecule has 0 aromatic rings. The van der Waals surface area contributed by atoms with Crippen LogP contribution in [0.25, 0.3) is 0 Å². The van der Waals surface area contributed by atoms with E-state index in [4.69, 9.17) is 23.7 Å². The summed E-state index contributed by atoms with van der Waals surface area (Å²) in [6.07, 6.45) is -5.81. The third-order valence-electron chi connectivity index (χ3n) is 5.81. The van der Waals surface area contributed by atoms with Crippen molar-refractivity contribution in [3.8, 4) is 0 Å². The molecule has 0 bridgehead atoms. The highest BCUT2D eigenvalue weighted by Gasteiger charge is 2.56. The average Bonchev–Trinajstić information content (AvgIpc) is 3.26. The molecule has 3 heterocycles. The number of rotatable bonds is 6. The van der Waals surface area contributed by atoms with Gasteiger partial charge < -0.3 is 44.1 Å². The van der Waals surface area contributed by atoms with E-state index in [-0.39, 0.29) is 13.0 Å². The van der Waals surface area contributed by atoms with Gasteiger partial charge in [0.25, 0.3) is 0 Å². The van der Waals surface area contributed by atoms with Gasteiger partial charge in [-0.2, -0.15) is 0 Å². The fourth-order valence-corrected chi connectivity index (χ4v) is 4.20. The van der Waals surface area contributed by atoms with Gasteiger partial charge in [-0.25, -0.2) is 4.79 Å². The molecule has 3 aliphatic heterocycles. The summed E-state index contributed by atoms with van der Waals surface area (Å²) >= 11 is 0. The molecule has 30 heavy (non-hydrogen) atoms. The van der Waals surface area contributed by atoms with Crippen LogP contribution in [0.1, 0.15) is 13.3 Å². The maximum Gasteiger partial charge on any atom is 0.338 e. The van der Waals surface area contributed by atoms with E-state index in [9.17, 15) is 30.0 Å². The second kappa shape index (κ2) is 8.25. The van der Waals surface area contributed by atoms with Crippen LogP contribution in [0.2, 0.25) is 0 Å². The predicted molar refractivity (Wildman–Crippen MR) is 94.0 cm³/mol. The molecule has 11 nitrogen and oxygen atoms in total. The van der Waals surface area contributed by atoms with Gasteiger partial charge in [-0.15, -0.1) is 0 Å². The van der Waals surface area contributed by atoms with Crippen LogP contribution in [0.3, 0.4) is 0 Å². The molecule has 4 rings (SSSR count). The molecule has 0 spiro atoms. The highest BCUT2D eigenvalue weighted by atomic mass is 16.8. The smallest absolute Gasteiger partial charge is 0.338 e. The fourth-order valence-electron chi connectivity index (χ4n) is 4.20. The average molecular weight is 428 g/mol. The third-order valence-corrected chi connectivity index (χ3v) is 5.81. The highest BCUT2D eigenvalue weighted by Crippen LogP contribution is 2.49. The van der Waals surface area contributed by atoms with Crippen LogP contribution in [-0.2, 0) is 33.3 Å². The summed E-state index contributed by atoms with van der Waals surface area (Å²) in [6, 6.07) is 0. The first kappa shape index (κ1) is 21.2. The molecule has 1 aliphatic carbocycles.